The van der Waals surface area contributed by atoms with Crippen LogP contribution in [0.15, 0.2) is 30.3 Å². The summed E-state index contributed by atoms with van der Waals surface area (Å²) in [4.78, 5) is 18.2. The lowest BCUT2D eigenvalue weighted by Gasteiger charge is -2.24. The molecule has 0 fully saturated rings. The molecule has 0 unspecified atom stereocenters. The van der Waals surface area contributed by atoms with Gasteiger partial charge >= 0.3 is 15.6 Å². The van der Waals surface area contributed by atoms with E-state index in [0.717, 1.165) is 24.3 Å². The summed E-state index contributed by atoms with van der Waals surface area (Å²) in [5.41, 5.74) is -5.60. The highest BCUT2D eigenvalue weighted by molar-refractivity contribution is 7.88. The highest BCUT2D eigenvalue weighted by atomic mass is 35.5. The molecule has 32 heavy (non-hydrogen) atoms. The number of aromatic nitrogens is 2. The van der Waals surface area contributed by atoms with Crippen molar-refractivity contribution in [1.82, 2.24) is 14.5 Å². The van der Waals surface area contributed by atoms with Crippen LogP contribution in [0, 0.1) is 5.82 Å². The first-order valence-electron chi connectivity index (χ1n) is 10.5. The fourth-order valence-electron chi connectivity index (χ4n) is 4.12. The molecule has 1 aromatic heterocycles. The molecule has 2 bridgehead atoms. The maximum absolute atomic E-state index is 14.4. The van der Waals surface area contributed by atoms with Crippen LogP contribution < -0.4 is 4.18 Å². The van der Waals surface area contributed by atoms with E-state index in [0.29, 0.717) is 4.90 Å². The second-order valence-electron chi connectivity index (χ2n) is 7.24. The van der Waals surface area contributed by atoms with E-state index >= 15 is 0 Å². The zero-order valence-corrected chi connectivity index (χ0v) is 17.1. The first-order valence-corrected chi connectivity index (χ1v) is 10.7. The van der Waals surface area contributed by atoms with Crippen LogP contribution >= 0.6 is 11.6 Å². The standard InChI is InChI=1S/C19H12ClF4N3O4S/c1-26-14-7-13(15-9(18(26)28)3-4-10(21)16(15)20)27-12-6-8(2-5-11(12)25-17(14)27)31-32(29,30)19(22,23)24/h2-6,13-14H,7H2,1H3/t13-,14-/m1/s1/i1D3. The lowest BCUT2D eigenvalue weighted by Crippen LogP contribution is -2.30. The van der Waals surface area contributed by atoms with Crippen molar-refractivity contribution in [1.29, 1.82) is 0 Å². The van der Waals surface area contributed by atoms with Crippen molar-refractivity contribution >= 4 is 38.7 Å². The van der Waals surface area contributed by atoms with Crippen molar-refractivity contribution in [3.05, 3.63) is 58.1 Å². The number of halogens is 5. The van der Waals surface area contributed by atoms with Crippen LogP contribution in [-0.2, 0) is 10.1 Å². The van der Waals surface area contributed by atoms with Gasteiger partial charge in [-0.25, -0.2) is 9.37 Å². The van der Waals surface area contributed by atoms with Crippen molar-refractivity contribution in [2.75, 3.05) is 6.98 Å². The Morgan fingerprint density at radius 1 is 1.25 bits per heavy atom. The van der Waals surface area contributed by atoms with Gasteiger partial charge in [0.2, 0.25) is 0 Å². The summed E-state index contributed by atoms with van der Waals surface area (Å²) in [6.45, 7) is -2.92. The van der Waals surface area contributed by atoms with Crippen molar-refractivity contribution in [2.24, 2.45) is 0 Å². The number of benzene rings is 2. The zero-order valence-electron chi connectivity index (χ0n) is 18.5. The molecule has 0 spiro atoms. The minimum atomic E-state index is -5.96. The number of hydrogen-bond donors (Lipinski definition) is 0. The Balaban J connectivity index is 1.76. The lowest BCUT2D eigenvalue weighted by atomic mass is 9.98. The molecule has 13 heteroatoms. The van der Waals surface area contributed by atoms with Crippen molar-refractivity contribution < 1.29 is 39.1 Å². The van der Waals surface area contributed by atoms with E-state index in [1.807, 2.05) is 0 Å². The van der Waals surface area contributed by atoms with Gasteiger partial charge in [0, 0.05) is 34.7 Å². The normalized spacial score (nSPS) is 22.1. The van der Waals surface area contributed by atoms with Crippen LogP contribution in [0.25, 0.3) is 11.0 Å². The Bertz CT molecular complexity index is 1520. The van der Waals surface area contributed by atoms with Crippen LogP contribution in [0.5, 0.6) is 5.75 Å². The van der Waals surface area contributed by atoms with Crippen LogP contribution in [0.2, 0.25) is 5.02 Å². The molecule has 2 atom stereocenters. The maximum atomic E-state index is 14.4. The summed E-state index contributed by atoms with van der Waals surface area (Å²) in [6.07, 6.45) is -0.0650. The molecule has 5 rings (SSSR count). The van der Waals surface area contributed by atoms with Crippen molar-refractivity contribution in [3.63, 3.8) is 0 Å². The van der Waals surface area contributed by atoms with E-state index in [1.165, 1.54) is 10.6 Å². The molecule has 0 radical (unpaired) electrons. The number of carbonyl (C=O) groups excluding carboxylic acids is 1. The predicted octanol–water partition coefficient (Wildman–Crippen LogP) is 4.18. The maximum Gasteiger partial charge on any atom is 0.534 e. The minimum Gasteiger partial charge on any atom is -0.376 e. The summed E-state index contributed by atoms with van der Waals surface area (Å²) in [5.74, 6) is -2.38. The highest BCUT2D eigenvalue weighted by Crippen LogP contribution is 2.49. The zero-order chi connectivity index (χ0) is 25.7. The van der Waals surface area contributed by atoms with Crippen molar-refractivity contribution in [3.8, 4) is 5.75 Å². The average Bonchev–Trinajstić information content (AvgIpc) is 3.21. The molecule has 3 heterocycles. The van der Waals surface area contributed by atoms with E-state index in [4.69, 9.17) is 15.7 Å². The molecule has 2 aromatic carbocycles. The van der Waals surface area contributed by atoms with Gasteiger partial charge in [-0.05, 0) is 24.3 Å². The molecule has 2 aliphatic rings. The Labute approximate surface area is 187 Å². The number of hydrogen-bond acceptors (Lipinski definition) is 5. The number of carbonyl (C=O) groups is 1. The predicted molar refractivity (Wildman–Crippen MR) is 104 cm³/mol. The van der Waals surface area contributed by atoms with Gasteiger partial charge < -0.3 is 13.7 Å². The quantitative estimate of drug-likeness (QED) is 0.304. The third kappa shape index (κ3) is 2.82. The van der Waals surface area contributed by atoms with Crippen LogP contribution in [-0.4, -0.2) is 41.3 Å². The molecule has 2 aliphatic heterocycles. The van der Waals surface area contributed by atoms with Gasteiger partial charge in [0.1, 0.15) is 17.4 Å². The molecule has 0 N–H and O–H groups in total. The van der Waals surface area contributed by atoms with E-state index in [1.54, 1.807) is 0 Å². The van der Waals surface area contributed by atoms with Gasteiger partial charge in [-0.2, -0.15) is 21.6 Å². The molecule has 0 saturated carbocycles. The topological polar surface area (TPSA) is 81.5 Å². The van der Waals surface area contributed by atoms with E-state index < -0.39 is 57.2 Å². The van der Waals surface area contributed by atoms with Crippen LogP contribution in [0.3, 0.4) is 0 Å². The number of rotatable bonds is 2. The smallest absolute Gasteiger partial charge is 0.376 e. The second kappa shape index (κ2) is 6.58. The van der Waals surface area contributed by atoms with Crippen LogP contribution in [0.4, 0.5) is 17.6 Å². The molecule has 0 saturated heterocycles. The van der Waals surface area contributed by atoms with Gasteiger partial charge in [0.25, 0.3) is 5.91 Å². The number of fused-ring (bicyclic) bond motifs is 9. The highest BCUT2D eigenvalue weighted by Gasteiger charge is 2.49. The third-order valence-electron chi connectivity index (χ3n) is 5.46. The molecule has 168 valence electrons. The number of nitrogens with zero attached hydrogens (tertiary/aromatic N) is 3. The summed E-state index contributed by atoms with van der Waals surface area (Å²) < 4.78 is 105. The fourth-order valence-corrected chi connectivity index (χ4v) is 4.86. The molecular weight excluding hydrogens is 478 g/mol. The Kier molecular flexibility index (Phi) is 3.63. The first kappa shape index (κ1) is 17.7. The SMILES string of the molecule is [2H]C([2H])([2H])N1C(=O)c2ccc(F)c(Cl)c2[C@H]2C[C@@H]1c1nc3ccc(OS(=O)(=O)C(F)(F)F)cc3n12. The van der Waals surface area contributed by atoms with Gasteiger partial charge in [0.05, 0.1) is 28.1 Å². The monoisotopic (exact) mass is 492 g/mol. The lowest BCUT2D eigenvalue weighted by molar-refractivity contribution is -0.0500. The molecule has 0 aliphatic carbocycles. The largest absolute Gasteiger partial charge is 0.534 e. The molecule has 3 aromatic rings. The average molecular weight is 493 g/mol. The van der Waals surface area contributed by atoms with Gasteiger partial charge in [-0.1, -0.05) is 11.6 Å². The Hall–Kier alpha value is -2.86. The van der Waals surface area contributed by atoms with Crippen LogP contribution in [0.1, 0.15) is 44.4 Å². The Morgan fingerprint density at radius 3 is 2.69 bits per heavy atom. The summed E-state index contributed by atoms with van der Waals surface area (Å²) in [5, 5.41) is -0.422. The second-order valence-corrected chi connectivity index (χ2v) is 9.15. The molecule has 1 amide bonds. The van der Waals surface area contributed by atoms with E-state index in [9.17, 15) is 30.8 Å². The van der Waals surface area contributed by atoms with Gasteiger partial charge in [0.15, 0.2) is 0 Å². The number of imidazole rings is 1. The van der Waals surface area contributed by atoms with E-state index in [-0.39, 0.29) is 34.4 Å². The first-order chi connectivity index (χ1) is 16.1. The summed E-state index contributed by atoms with van der Waals surface area (Å²) >= 11 is 6.21. The molecule has 7 nitrogen and oxygen atoms in total. The summed E-state index contributed by atoms with van der Waals surface area (Å²) in [7, 11) is -5.96. The Morgan fingerprint density at radius 2 is 2.00 bits per heavy atom. The van der Waals surface area contributed by atoms with Gasteiger partial charge in [-0.3, -0.25) is 4.79 Å². The summed E-state index contributed by atoms with van der Waals surface area (Å²) in [6, 6.07) is 3.12. The fraction of sp³-hybridized carbons (Fsp3) is 0.263. The van der Waals surface area contributed by atoms with E-state index in [2.05, 4.69) is 9.17 Å². The molecular formula is C19H12ClF4N3O4S. The van der Waals surface area contributed by atoms with Crippen molar-refractivity contribution in [2.45, 2.75) is 24.0 Å². The van der Waals surface area contributed by atoms with Gasteiger partial charge in [-0.15, -0.1) is 0 Å². The minimum absolute atomic E-state index is 0.0132. The number of amides is 1. The third-order valence-corrected chi connectivity index (χ3v) is 6.82. The number of alkyl halides is 3.